The van der Waals surface area contributed by atoms with Crippen molar-refractivity contribution in [1.82, 2.24) is 4.98 Å². The lowest BCUT2D eigenvalue weighted by atomic mass is 9.82. The van der Waals surface area contributed by atoms with Crippen molar-refractivity contribution in [3.05, 3.63) is 217 Å². The maximum atomic E-state index is 5.14. The van der Waals surface area contributed by atoms with Gasteiger partial charge >= 0.3 is 0 Å². The van der Waals surface area contributed by atoms with E-state index in [4.69, 9.17) is 4.98 Å². The van der Waals surface area contributed by atoms with Crippen LogP contribution < -0.4 is 4.90 Å². The highest BCUT2D eigenvalue weighted by Crippen LogP contribution is 2.50. The zero-order chi connectivity index (χ0) is 37.6. The van der Waals surface area contributed by atoms with Gasteiger partial charge in [-0.2, -0.15) is 0 Å². The van der Waals surface area contributed by atoms with Crippen molar-refractivity contribution in [2.75, 3.05) is 4.90 Å². The van der Waals surface area contributed by atoms with E-state index < -0.39 is 0 Å². The molecular formula is C54H40N2. The van der Waals surface area contributed by atoms with E-state index in [2.05, 4.69) is 219 Å². The summed E-state index contributed by atoms with van der Waals surface area (Å²) in [5.74, 6) is 0. The summed E-state index contributed by atoms with van der Waals surface area (Å²) in [5.41, 5.74) is 18.8. The second-order valence-corrected chi connectivity index (χ2v) is 15.2. The lowest BCUT2D eigenvalue weighted by Gasteiger charge is -2.28. The third-order valence-corrected chi connectivity index (χ3v) is 11.5. The molecule has 0 saturated carbocycles. The Labute approximate surface area is 329 Å². The fourth-order valence-electron chi connectivity index (χ4n) is 8.53. The topological polar surface area (TPSA) is 16.1 Å². The van der Waals surface area contributed by atoms with Gasteiger partial charge in [0.15, 0.2) is 0 Å². The van der Waals surface area contributed by atoms with Crippen molar-refractivity contribution in [2.45, 2.75) is 19.3 Å². The van der Waals surface area contributed by atoms with E-state index in [1.807, 2.05) is 6.07 Å². The first kappa shape index (κ1) is 33.5. The van der Waals surface area contributed by atoms with Gasteiger partial charge in [0.2, 0.25) is 0 Å². The standard InChI is InChI=1S/C54H40N2/c1-54(2)50-21-13-12-20-46(50)47-32-31-45(35-51(47)54)56(43-27-22-38(23-28-43)37-14-6-3-7-15-37)44-29-24-39(25-30-44)42-26-33-52-49(34-42)48(40-16-8-4-9-17-40)36-53(55-52)41-18-10-5-11-19-41/h3-36H,1-2H3. The molecule has 1 aromatic heterocycles. The minimum absolute atomic E-state index is 0.0972. The van der Waals surface area contributed by atoms with Crippen LogP contribution in [-0.2, 0) is 5.41 Å². The van der Waals surface area contributed by atoms with Crippen LogP contribution in [0.4, 0.5) is 17.1 Å². The molecule has 0 bridgehead atoms. The molecule has 266 valence electrons. The zero-order valence-electron chi connectivity index (χ0n) is 31.5. The van der Waals surface area contributed by atoms with E-state index in [-0.39, 0.29) is 5.41 Å². The van der Waals surface area contributed by atoms with Crippen molar-refractivity contribution >= 4 is 28.0 Å². The van der Waals surface area contributed by atoms with Gasteiger partial charge in [-0.25, -0.2) is 4.98 Å². The molecule has 1 aliphatic rings. The smallest absolute Gasteiger partial charge is 0.0716 e. The highest BCUT2D eigenvalue weighted by Gasteiger charge is 2.35. The molecule has 0 saturated heterocycles. The Balaban J connectivity index is 1.06. The van der Waals surface area contributed by atoms with Gasteiger partial charge in [0.25, 0.3) is 0 Å². The summed E-state index contributed by atoms with van der Waals surface area (Å²) in [6.07, 6.45) is 0. The largest absolute Gasteiger partial charge is 0.310 e. The van der Waals surface area contributed by atoms with Crippen molar-refractivity contribution < 1.29 is 0 Å². The van der Waals surface area contributed by atoms with Gasteiger partial charge in [-0.15, -0.1) is 0 Å². The Morgan fingerprint density at radius 1 is 0.357 bits per heavy atom. The summed E-state index contributed by atoms with van der Waals surface area (Å²) >= 11 is 0. The van der Waals surface area contributed by atoms with Crippen molar-refractivity contribution in [2.24, 2.45) is 0 Å². The monoisotopic (exact) mass is 716 g/mol. The summed E-state index contributed by atoms with van der Waals surface area (Å²) in [6.45, 7) is 4.69. The van der Waals surface area contributed by atoms with Gasteiger partial charge in [-0.1, -0.05) is 166 Å². The molecule has 0 radical (unpaired) electrons. The predicted octanol–water partition coefficient (Wildman–Crippen LogP) is 14.7. The van der Waals surface area contributed by atoms with Crippen LogP contribution in [0.25, 0.3) is 66.7 Å². The second-order valence-electron chi connectivity index (χ2n) is 15.2. The van der Waals surface area contributed by atoms with E-state index in [1.54, 1.807) is 0 Å². The van der Waals surface area contributed by atoms with Crippen LogP contribution in [0, 0.1) is 0 Å². The first-order valence-electron chi connectivity index (χ1n) is 19.4. The summed E-state index contributed by atoms with van der Waals surface area (Å²) < 4.78 is 0. The Morgan fingerprint density at radius 3 is 1.52 bits per heavy atom. The molecule has 56 heavy (non-hydrogen) atoms. The molecule has 1 heterocycles. The number of anilines is 3. The van der Waals surface area contributed by atoms with Gasteiger partial charge < -0.3 is 4.90 Å². The molecule has 0 atom stereocenters. The average Bonchev–Trinajstić information content (AvgIpc) is 3.50. The summed E-state index contributed by atoms with van der Waals surface area (Å²) in [7, 11) is 0. The third-order valence-electron chi connectivity index (χ3n) is 11.5. The average molecular weight is 717 g/mol. The van der Waals surface area contributed by atoms with Crippen LogP contribution in [-0.4, -0.2) is 4.98 Å². The Bertz CT molecular complexity index is 2840. The molecule has 2 heteroatoms. The normalized spacial score (nSPS) is 12.6. The van der Waals surface area contributed by atoms with Crippen LogP contribution in [0.1, 0.15) is 25.0 Å². The van der Waals surface area contributed by atoms with Crippen LogP contribution in [0.3, 0.4) is 0 Å². The van der Waals surface area contributed by atoms with Crippen LogP contribution in [0.5, 0.6) is 0 Å². The van der Waals surface area contributed by atoms with Crippen molar-refractivity contribution in [3.8, 4) is 55.8 Å². The molecule has 0 N–H and O–H groups in total. The fourth-order valence-corrected chi connectivity index (χ4v) is 8.53. The van der Waals surface area contributed by atoms with Crippen LogP contribution in [0.15, 0.2) is 206 Å². The number of pyridine rings is 1. The first-order chi connectivity index (χ1) is 27.5. The molecule has 0 unspecified atom stereocenters. The molecule has 0 spiro atoms. The molecule has 10 rings (SSSR count). The Morgan fingerprint density at radius 2 is 0.857 bits per heavy atom. The molecule has 2 nitrogen and oxygen atoms in total. The minimum Gasteiger partial charge on any atom is -0.310 e. The van der Waals surface area contributed by atoms with Gasteiger partial charge in [-0.3, -0.25) is 0 Å². The molecule has 8 aromatic carbocycles. The number of nitrogens with zero attached hydrogens (tertiary/aromatic N) is 2. The van der Waals surface area contributed by atoms with Gasteiger partial charge in [0.05, 0.1) is 11.2 Å². The van der Waals surface area contributed by atoms with Gasteiger partial charge in [0, 0.05) is 33.4 Å². The molecular weight excluding hydrogens is 677 g/mol. The number of hydrogen-bond acceptors (Lipinski definition) is 2. The third kappa shape index (κ3) is 5.88. The van der Waals surface area contributed by atoms with Gasteiger partial charge in [0.1, 0.15) is 0 Å². The van der Waals surface area contributed by atoms with E-state index in [1.165, 1.54) is 44.5 Å². The molecule has 0 fully saturated rings. The number of hydrogen-bond donors (Lipinski definition) is 0. The SMILES string of the molecule is CC1(C)c2ccccc2-c2ccc(N(c3ccc(-c4ccccc4)cc3)c3ccc(-c4ccc5nc(-c6ccccc6)cc(-c6ccccc6)c5c4)cc3)cc21. The Kier molecular flexibility index (Phi) is 8.19. The number of fused-ring (bicyclic) bond motifs is 4. The highest BCUT2D eigenvalue weighted by atomic mass is 15.1. The number of aromatic nitrogens is 1. The van der Waals surface area contributed by atoms with Gasteiger partial charge in [-0.05, 0) is 110 Å². The van der Waals surface area contributed by atoms with Crippen molar-refractivity contribution in [3.63, 3.8) is 0 Å². The maximum absolute atomic E-state index is 5.14. The minimum atomic E-state index is -0.0972. The molecule has 9 aromatic rings. The van der Waals surface area contributed by atoms with E-state index >= 15 is 0 Å². The maximum Gasteiger partial charge on any atom is 0.0716 e. The fraction of sp³-hybridized carbons (Fsp3) is 0.0556. The summed E-state index contributed by atoms with van der Waals surface area (Å²) in [5, 5.41) is 1.14. The van der Waals surface area contributed by atoms with E-state index in [9.17, 15) is 0 Å². The van der Waals surface area contributed by atoms with E-state index in [0.717, 1.165) is 50.3 Å². The van der Waals surface area contributed by atoms with Crippen molar-refractivity contribution in [1.29, 1.82) is 0 Å². The summed E-state index contributed by atoms with van der Waals surface area (Å²) in [4.78, 5) is 7.53. The Hall–Kier alpha value is -7.03. The number of benzene rings is 8. The second kappa shape index (κ2) is 13.7. The molecule has 0 aliphatic heterocycles. The first-order valence-corrected chi connectivity index (χ1v) is 19.4. The summed E-state index contributed by atoms with van der Waals surface area (Å²) in [6, 6.07) is 74.4. The predicted molar refractivity (Wildman–Crippen MR) is 236 cm³/mol. The molecule has 1 aliphatic carbocycles. The van der Waals surface area contributed by atoms with Crippen LogP contribution >= 0.6 is 0 Å². The van der Waals surface area contributed by atoms with E-state index in [0.29, 0.717) is 0 Å². The molecule has 0 amide bonds. The number of rotatable bonds is 7. The zero-order valence-corrected chi connectivity index (χ0v) is 31.5. The van der Waals surface area contributed by atoms with Crippen LogP contribution in [0.2, 0.25) is 0 Å². The quantitative estimate of drug-likeness (QED) is 0.163. The lowest BCUT2D eigenvalue weighted by molar-refractivity contribution is 0.660. The lowest BCUT2D eigenvalue weighted by Crippen LogP contribution is -2.16. The highest BCUT2D eigenvalue weighted by molar-refractivity contribution is 5.99.